The van der Waals surface area contributed by atoms with Gasteiger partial charge in [0.15, 0.2) is 0 Å². The van der Waals surface area contributed by atoms with E-state index in [0.717, 1.165) is 0 Å². The van der Waals surface area contributed by atoms with E-state index >= 15 is 0 Å². The Bertz CT molecular complexity index is 1050. The van der Waals surface area contributed by atoms with Crippen LogP contribution in [0.4, 0.5) is 11.4 Å². The van der Waals surface area contributed by atoms with Crippen LogP contribution in [0.25, 0.3) is 0 Å². The molecule has 34 heavy (non-hydrogen) atoms. The van der Waals surface area contributed by atoms with Crippen molar-refractivity contribution in [1.82, 2.24) is 0 Å². The summed E-state index contributed by atoms with van der Waals surface area (Å²) in [6.45, 7) is 0. The van der Waals surface area contributed by atoms with Gasteiger partial charge in [0.25, 0.3) is 0 Å². The molecule has 4 rings (SSSR count). The molecule has 0 N–H and O–H groups in total. The molecule has 4 heteroatoms. The smallest absolute Gasteiger partial charge is 0.0650 e. The van der Waals surface area contributed by atoms with Gasteiger partial charge in [-0.05, 0) is 46.5 Å². The SMILES string of the molecule is CN(C)c1ccc(C(SSC(c2ccccc2)c2ccc(N(C)C)cc2)c2ccccc2)cc1. The Kier molecular flexibility index (Phi) is 8.25. The lowest BCUT2D eigenvalue weighted by molar-refractivity contribution is 1.11. The van der Waals surface area contributed by atoms with Gasteiger partial charge in [0.1, 0.15) is 0 Å². The highest BCUT2D eigenvalue weighted by Gasteiger charge is 2.21. The Morgan fingerprint density at radius 1 is 0.412 bits per heavy atom. The van der Waals surface area contributed by atoms with Crippen LogP contribution in [0.2, 0.25) is 0 Å². The van der Waals surface area contributed by atoms with Gasteiger partial charge in [-0.3, -0.25) is 0 Å². The zero-order chi connectivity index (χ0) is 23.9. The van der Waals surface area contributed by atoms with Crippen LogP contribution >= 0.6 is 21.6 Å². The van der Waals surface area contributed by atoms with Crippen LogP contribution in [0.5, 0.6) is 0 Å². The third kappa shape index (κ3) is 5.99. The van der Waals surface area contributed by atoms with Crippen LogP contribution in [-0.2, 0) is 0 Å². The molecule has 4 aromatic rings. The van der Waals surface area contributed by atoms with E-state index in [1.54, 1.807) is 0 Å². The summed E-state index contributed by atoms with van der Waals surface area (Å²) in [5.74, 6) is 0. The minimum absolute atomic E-state index is 0.245. The minimum atomic E-state index is 0.245. The predicted molar refractivity (Wildman–Crippen MR) is 153 cm³/mol. The van der Waals surface area contributed by atoms with Gasteiger partial charge in [-0.2, -0.15) is 0 Å². The lowest BCUT2D eigenvalue weighted by Crippen LogP contribution is -2.08. The largest absolute Gasteiger partial charge is 0.378 e. The molecule has 0 aromatic heterocycles. The first-order valence-electron chi connectivity index (χ1n) is 11.5. The third-order valence-electron chi connectivity index (χ3n) is 5.88. The summed E-state index contributed by atoms with van der Waals surface area (Å²) in [6, 6.07) is 39.6. The Hall–Kier alpha value is -2.82. The summed E-state index contributed by atoms with van der Waals surface area (Å²) in [5, 5.41) is 0.490. The van der Waals surface area contributed by atoms with Crippen molar-refractivity contribution in [3.63, 3.8) is 0 Å². The average Bonchev–Trinajstić information content (AvgIpc) is 2.88. The van der Waals surface area contributed by atoms with E-state index in [1.165, 1.54) is 33.6 Å². The van der Waals surface area contributed by atoms with Crippen LogP contribution in [0, 0.1) is 0 Å². The molecule has 0 heterocycles. The topological polar surface area (TPSA) is 6.48 Å². The molecule has 0 amide bonds. The van der Waals surface area contributed by atoms with Crippen molar-refractivity contribution in [3.05, 3.63) is 131 Å². The molecule has 0 spiro atoms. The first-order chi connectivity index (χ1) is 16.5. The fourth-order valence-corrected chi connectivity index (χ4v) is 7.16. The van der Waals surface area contributed by atoms with Crippen molar-refractivity contribution < 1.29 is 0 Å². The van der Waals surface area contributed by atoms with E-state index in [2.05, 4.69) is 147 Å². The van der Waals surface area contributed by atoms with Crippen molar-refractivity contribution >= 4 is 33.0 Å². The molecule has 0 saturated heterocycles. The maximum Gasteiger partial charge on any atom is 0.0650 e. The monoisotopic (exact) mass is 484 g/mol. The minimum Gasteiger partial charge on any atom is -0.378 e. The van der Waals surface area contributed by atoms with Gasteiger partial charge in [0, 0.05) is 39.6 Å². The van der Waals surface area contributed by atoms with E-state index in [-0.39, 0.29) is 10.5 Å². The number of rotatable bonds is 9. The molecular formula is C30H32N2S2. The van der Waals surface area contributed by atoms with E-state index in [4.69, 9.17) is 0 Å². The number of hydrogen-bond donors (Lipinski definition) is 0. The Balaban J connectivity index is 1.64. The van der Waals surface area contributed by atoms with E-state index in [1.807, 2.05) is 21.6 Å². The van der Waals surface area contributed by atoms with Gasteiger partial charge in [0.2, 0.25) is 0 Å². The summed E-state index contributed by atoms with van der Waals surface area (Å²) >= 11 is 0. The van der Waals surface area contributed by atoms with Crippen molar-refractivity contribution in [3.8, 4) is 0 Å². The quantitative estimate of drug-likeness (QED) is 0.221. The zero-order valence-corrected chi connectivity index (χ0v) is 21.9. The predicted octanol–water partition coefficient (Wildman–Crippen LogP) is 8.08. The molecule has 0 fully saturated rings. The van der Waals surface area contributed by atoms with Gasteiger partial charge in [0.05, 0.1) is 10.5 Å². The number of benzene rings is 4. The normalized spacial score (nSPS) is 12.7. The van der Waals surface area contributed by atoms with Crippen molar-refractivity contribution in [2.45, 2.75) is 10.5 Å². The van der Waals surface area contributed by atoms with Crippen LogP contribution < -0.4 is 9.80 Å². The van der Waals surface area contributed by atoms with Crippen molar-refractivity contribution in [2.75, 3.05) is 38.0 Å². The number of hydrogen-bond acceptors (Lipinski definition) is 4. The molecule has 4 aromatic carbocycles. The number of anilines is 2. The highest BCUT2D eigenvalue weighted by atomic mass is 33.1. The zero-order valence-electron chi connectivity index (χ0n) is 20.3. The average molecular weight is 485 g/mol. The van der Waals surface area contributed by atoms with E-state index in [9.17, 15) is 0 Å². The standard InChI is InChI=1S/C30H32N2S2/c1-31(2)27-19-15-25(16-20-27)29(23-11-7-5-8-12-23)33-34-30(24-13-9-6-10-14-24)26-17-21-28(22-18-26)32(3)4/h5-22,29-30H,1-4H3. The molecule has 2 unspecified atom stereocenters. The Morgan fingerprint density at radius 2 is 0.706 bits per heavy atom. The lowest BCUT2D eigenvalue weighted by atomic mass is 10.0. The molecule has 2 atom stereocenters. The number of nitrogens with zero attached hydrogens (tertiary/aromatic N) is 2. The van der Waals surface area contributed by atoms with Crippen molar-refractivity contribution in [1.29, 1.82) is 0 Å². The summed E-state index contributed by atoms with van der Waals surface area (Å²) in [7, 11) is 12.2. The molecule has 174 valence electrons. The van der Waals surface area contributed by atoms with Gasteiger partial charge in [-0.1, -0.05) is 107 Å². The second-order valence-corrected chi connectivity index (χ2v) is 11.2. The fraction of sp³-hybridized carbons (Fsp3) is 0.200. The second-order valence-electron chi connectivity index (χ2n) is 8.75. The van der Waals surface area contributed by atoms with Gasteiger partial charge >= 0.3 is 0 Å². The van der Waals surface area contributed by atoms with Crippen molar-refractivity contribution in [2.24, 2.45) is 0 Å². The second kappa shape index (κ2) is 11.5. The summed E-state index contributed by atoms with van der Waals surface area (Å²) in [6.07, 6.45) is 0. The molecule has 0 aliphatic carbocycles. The maximum absolute atomic E-state index is 2.27. The Labute approximate surface area is 212 Å². The highest BCUT2D eigenvalue weighted by molar-refractivity contribution is 8.76. The molecule has 0 bridgehead atoms. The molecule has 0 saturated carbocycles. The van der Waals surface area contributed by atoms with Gasteiger partial charge in [-0.15, -0.1) is 0 Å². The molecule has 0 aliphatic heterocycles. The first kappa shape index (κ1) is 24.3. The molecule has 0 aliphatic rings. The highest BCUT2D eigenvalue weighted by Crippen LogP contribution is 2.51. The van der Waals surface area contributed by atoms with E-state index in [0.29, 0.717) is 0 Å². The van der Waals surface area contributed by atoms with Crippen LogP contribution in [0.1, 0.15) is 32.8 Å². The third-order valence-corrected chi connectivity index (χ3v) is 8.95. The van der Waals surface area contributed by atoms with Gasteiger partial charge < -0.3 is 9.80 Å². The van der Waals surface area contributed by atoms with Crippen LogP contribution in [0.15, 0.2) is 109 Å². The van der Waals surface area contributed by atoms with Crippen LogP contribution in [0.3, 0.4) is 0 Å². The lowest BCUT2D eigenvalue weighted by Gasteiger charge is -2.23. The summed E-state index contributed by atoms with van der Waals surface area (Å²) in [5.41, 5.74) is 7.74. The Morgan fingerprint density at radius 3 is 1.00 bits per heavy atom. The van der Waals surface area contributed by atoms with E-state index < -0.39 is 0 Å². The molecular weight excluding hydrogens is 452 g/mol. The summed E-state index contributed by atoms with van der Waals surface area (Å²) < 4.78 is 0. The van der Waals surface area contributed by atoms with Gasteiger partial charge in [-0.25, -0.2) is 0 Å². The van der Waals surface area contributed by atoms with Crippen LogP contribution in [-0.4, -0.2) is 28.2 Å². The maximum atomic E-state index is 2.27. The first-order valence-corrected chi connectivity index (χ1v) is 13.8. The summed E-state index contributed by atoms with van der Waals surface area (Å²) in [4.78, 5) is 4.29. The molecule has 0 radical (unpaired) electrons. The fourth-order valence-electron chi connectivity index (χ4n) is 3.87. The molecule has 2 nitrogen and oxygen atoms in total.